The van der Waals surface area contributed by atoms with Gasteiger partial charge in [0.25, 0.3) is 0 Å². The molecule has 1 heterocycles. The topological polar surface area (TPSA) is 73.2 Å². The number of hydrogen-bond acceptors (Lipinski definition) is 3. The van der Waals surface area contributed by atoms with Gasteiger partial charge in [0.15, 0.2) is 0 Å². The Morgan fingerprint density at radius 1 is 1.41 bits per heavy atom. The van der Waals surface area contributed by atoms with E-state index in [4.69, 9.17) is 5.11 Å². The molecule has 0 aromatic carbocycles. The molecule has 2 amide bonds. The minimum atomic E-state index is -4.38. The summed E-state index contributed by atoms with van der Waals surface area (Å²) in [5, 5.41) is 13.5. The van der Waals surface area contributed by atoms with Crippen LogP contribution in [-0.2, 0) is 4.79 Å². The van der Waals surface area contributed by atoms with Crippen LogP contribution in [0.5, 0.6) is 0 Å². The smallest absolute Gasteiger partial charge is 0.407 e. The maximum atomic E-state index is 13.3. The van der Waals surface area contributed by atoms with Crippen molar-refractivity contribution in [3.63, 3.8) is 0 Å². The molecule has 1 aliphatic carbocycles. The third-order valence-corrected chi connectivity index (χ3v) is 4.27. The van der Waals surface area contributed by atoms with Crippen molar-refractivity contribution in [3.05, 3.63) is 0 Å². The van der Waals surface area contributed by atoms with Gasteiger partial charge in [0.2, 0.25) is 5.91 Å². The molecular formula is C13H18F3N3O3. The maximum Gasteiger partial charge on any atom is 0.407 e. The number of alkyl halides is 3. The van der Waals surface area contributed by atoms with Gasteiger partial charge in [-0.3, -0.25) is 4.79 Å². The van der Waals surface area contributed by atoms with Gasteiger partial charge in [-0.05, 0) is 12.8 Å². The molecule has 2 rings (SSSR count). The van der Waals surface area contributed by atoms with Crippen LogP contribution in [0.15, 0.2) is 5.10 Å². The highest BCUT2D eigenvalue weighted by atomic mass is 19.4. The third kappa shape index (κ3) is 3.17. The highest BCUT2D eigenvalue weighted by Crippen LogP contribution is 2.51. The summed E-state index contributed by atoms with van der Waals surface area (Å²) < 4.78 is 40.0. The minimum Gasteiger partial charge on any atom is -0.465 e. The van der Waals surface area contributed by atoms with Gasteiger partial charge in [-0.1, -0.05) is 12.8 Å². The number of hydrazone groups is 1. The van der Waals surface area contributed by atoms with Crippen LogP contribution in [0.4, 0.5) is 18.0 Å². The van der Waals surface area contributed by atoms with Crippen molar-refractivity contribution in [1.29, 1.82) is 0 Å². The van der Waals surface area contributed by atoms with E-state index in [1.54, 1.807) is 0 Å². The van der Waals surface area contributed by atoms with Crippen molar-refractivity contribution in [2.75, 3.05) is 20.1 Å². The molecule has 0 saturated heterocycles. The van der Waals surface area contributed by atoms with E-state index in [1.165, 1.54) is 7.05 Å². The number of carboxylic acid groups (broad SMARTS) is 1. The van der Waals surface area contributed by atoms with Crippen LogP contribution in [0, 0.1) is 5.41 Å². The highest BCUT2D eigenvalue weighted by Gasteiger charge is 2.57. The Labute approximate surface area is 125 Å². The van der Waals surface area contributed by atoms with E-state index >= 15 is 0 Å². The van der Waals surface area contributed by atoms with Gasteiger partial charge in [0.05, 0.1) is 30.6 Å². The molecular weight excluding hydrogens is 303 g/mol. The standard InChI is InChI=1S/C13H18F3N3O3/c1-18(11(21)22)7-9-6-10(20)19(17-9)8-12(13(14,15)16)4-2-3-5-12/h2-8H2,1H3,(H,21,22). The molecule has 0 aromatic rings. The summed E-state index contributed by atoms with van der Waals surface area (Å²) in [6, 6.07) is 0. The van der Waals surface area contributed by atoms with E-state index in [9.17, 15) is 22.8 Å². The molecule has 9 heteroatoms. The minimum absolute atomic E-state index is 0.000161. The lowest BCUT2D eigenvalue weighted by atomic mass is 9.85. The molecule has 6 nitrogen and oxygen atoms in total. The summed E-state index contributed by atoms with van der Waals surface area (Å²) >= 11 is 0. The molecule has 0 spiro atoms. The summed E-state index contributed by atoms with van der Waals surface area (Å²) in [5.41, 5.74) is -1.62. The Hall–Kier alpha value is -1.80. The fourth-order valence-electron chi connectivity index (χ4n) is 2.95. The van der Waals surface area contributed by atoms with Crippen LogP contribution in [0.25, 0.3) is 0 Å². The number of halogens is 3. The number of amides is 2. The summed E-state index contributed by atoms with van der Waals surface area (Å²) in [4.78, 5) is 23.5. The quantitative estimate of drug-likeness (QED) is 0.863. The summed E-state index contributed by atoms with van der Waals surface area (Å²) in [7, 11) is 1.31. The Bertz CT molecular complexity index is 498. The van der Waals surface area contributed by atoms with Crippen LogP contribution in [0.2, 0.25) is 0 Å². The monoisotopic (exact) mass is 321 g/mol. The van der Waals surface area contributed by atoms with Gasteiger partial charge in [0, 0.05) is 7.05 Å². The van der Waals surface area contributed by atoms with Crippen LogP contribution in [0.3, 0.4) is 0 Å². The molecule has 22 heavy (non-hydrogen) atoms. The number of nitrogens with zero attached hydrogens (tertiary/aromatic N) is 3. The average Bonchev–Trinajstić information content (AvgIpc) is 2.98. The SMILES string of the molecule is CN(CC1=NN(CC2(C(F)(F)F)CCCC2)C(=O)C1)C(=O)O. The number of carbonyl (C=O) groups excluding carboxylic acids is 1. The van der Waals surface area contributed by atoms with E-state index in [0.717, 1.165) is 9.91 Å². The van der Waals surface area contributed by atoms with Crippen molar-refractivity contribution in [2.24, 2.45) is 10.5 Å². The molecule has 0 radical (unpaired) electrons. The molecule has 0 unspecified atom stereocenters. The van der Waals surface area contributed by atoms with E-state index in [0.29, 0.717) is 12.8 Å². The van der Waals surface area contributed by atoms with Crippen molar-refractivity contribution in [2.45, 2.75) is 38.3 Å². The Kier molecular flexibility index (Phi) is 4.35. The Balaban J connectivity index is 2.10. The first kappa shape index (κ1) is 16.6. The number of hydrogen-bond donors (Lipinski definition) is 1. The normalized spacial score (nSPS) is 21.2. The summed E-state index contributed by atoms with van der Waals surface area (Å²) in [6.45, 7) is -0.563. The molecule has 1 aliphatic heterocycles. The summed E-state index contributed by atoms with van der Waals surface area (Å²) in [5.74, 6) is -0.510. The second-order valence-corrected chi connectivity index (χ2v) is 5.92. The van der Waals surface area contributed by atoms with E-state index in [-0.39, 0.29) is 31.5 Å². The lowest BCUT2D eigenvalue weighted by molar-refractivity contribution is -0.227. The lowest BCUT2D eigenvalue weighted by Gasteiger charge is -2.33. The lowest BCUT2D eigenvalue weighted by Crippen LogP contribution is -2.45. The number of rotatable bonds is 4. The fraction of sp³-hybridized carbons (Fsp3) is 0.769. The zero-order valence-electron chi connectivity index (χ0n) is 12.2. The van der Waals surface area contributed by atoms with E-state index in [2.05, 4.69) is 5.10 Å². The molecule has 124 valence electrons. The maximum absolute atomic E-state index is 13.3. The van der Waals surface area contributed by atoms with Gasteiger partial charge in [-0.2, -0.15) is 18.3 Å². The van der Waals surface area contributed by atoms with Crippen LogP contribution < -0.4 is 0 Å². The molecule has 1 fully saturated rings. The predicted octanol–water partition coefficient (Wildman–Crippen LogP) is 2.31. The Morgan fingerprint density at radius 2 is 2.00 bits per heavy atom. The van der Waals surface area contributed by atoms with Crippen molar-refractivity contribution >= 4 is 17.7 Å². The second kappa shape index (κ2) is 5.77. The third-order valence-electron chi connectivity index (χ3n) is 4.27. The first-order valence-electron chi connectivity index (χ1n) is 7.02. The molecule has 0 bridgehead atoms. The molecule has 1 N–H and O–H groups in total. The van der Waals surface area contributed by atoms with Crippen molar-refractivity contribution in [3.8, 4) is 0 Å². The molecule has 2 aliphatic rings. The van der Waals surface area contributed by atoms with E-state index < -0.39 is 30.1 Å². The first-order chi connectivity index (χ1) is 10.1. The zero-order chi connectivity index (χ0) is 16.5. The second-order valence-electron chi connectivity index (χ2n) is 5.92. The molecule has 1 saturated carbocycles. The first-order valence-corrected chi connectivity index (χ1v) is 7.02. The zero-order valence-corrected chi connectivity index (χ0v) is 12.2. The van der Waals surface area contributed by atoms with Crippen LogP contribution in [0.1, 0.15) is 32.1 Å². The fourth-order valence-corrected chi connectivity index (χ4v) is 2.95. The predicted molar refractivity (Wildman–Crippen MR) is 71.4 cm³/mol. The highest BCUT2D eigenvalue weighted by molar-refractivity contribution is 6.06. The molecule has 0 aromatic heterocycles. The van der Waals surface area contributed by atoms with Gasteiger partial charge >= 0.3 is 12.3 Å². The van der Waals surface area contributed by atoms with Gasteiger partial charge < -0.3 is 10.0 Å². The van der Waals surface area contributed by atoms with Crippen molar-refractivity contribution < 1.29 is 27.9 Å². The van der Waals surface area contributed by atoms with Crippen LogP contribution in [-0.4, -0.2) is 59.0 Å². The largest absolute Gasteiger partial charge is 0.465 e. The van der Waals surface area contributed by atoms with Crippen LogP contribution >= 0.6 is 0 Å². The van der Waals surface area contributed by atoms with Crippen molar-refractivity contribution in [1.82, 2.24) is 9.91 Å². The summed E-state index contributed by atoms with van der Waals surface area (Å²) in [6.07, 6.45) is -4.72. The van der Waals surface area contributed by atoms with Gasteiger partial charge in [-0.15, -0.1) is 0 Å². The van der Waals surface area contributed by atoms with Gasteiger partial charge in [0.1, 0.15) is 0 Å². The molecule has 0 atom stereocenters. The van der Waals surface area contributed by atoms with Gasteiger partial charge in [-0.25, -0.2) is 9.80 Å². The average molecular weight is 321 g/mol. The van der Waals surface area contributed by atoms with E-state index in [1.807, 2.05) is 0 Å². The number of carbonyl (C=O) groups is 2. The Morgan fingerprint density at radius 3 is 2.50 bits per heavy atom.